The number of benzene rings is 1. The lowest BCUT2D eigenvalue weighted by molar-refractivity contribution is 0.0951. The molecular formula is C9H9FN4O. The van der Waals surface area contributed by atoms with E-state index in [-0.39, 0.29) is 18.7 Å². The Bertz CT molecular complexity index is 401. The van der Waals surface area contributed by atoms with Gasteiger partial charge in [-0.05, 0) is 17.7 Å². The fourth-order valence-electron chi connectivity index (χ4n) is 1.00. The van der Waals surface area contributed by atoms with Crippen LogP contribution in [-0.2, 0) is 0 Å². The molecule has 0 fully saturated rings. The van der Waals surface area contributed by atoms with Crippen LogP contribution in [0.1, 0.15) is 10.4 Å². The maximum absolute atomic E-state index is 13.1. The van der Waals surface area contributed by atoms with E-state index in [1.165, 1.54) is 18.2 Å². The second-order valence-corrected chi connectivity index (χ2v) is 2.69. The lowest BCUT2D eigenvalue weighted by Gasteiger charge is -2.03. The summed E-state index contributed by atoms with van der Waals surface area (Å²) in [6, 6.07) is 5.68. The van der Waals surface area contributed by atoms with Crippen LogP contribution in [-0.4, -0.2) is 19.0 Å². The van der Waals surface area contributed by atoms with Gasteiger partial charge in [0.05, 0.1) is 5.56 Å². The summed E-state index contributed by atoms with van der Waals surface area (Å²) in [4.78, 5) is 13.9. The molecule has 0 spiro atoms. The average Bonchev–Trinajstić information content (AvgIpc) is 2.25. The number of halogens is 1. The largest absolute Gasteiger partial charge is 0.352 e. The van der Waals surface area contributed by atoms with E-state index in [2.05, 4.69) is 15.3 Å². The molecule has 0 radical (unpaired) electrons. The highest BCUT2D eigenvalue weighted by Crippen LogP contribution is 2.05. The van der Waals surface area contributed by atoms with Crippen molar-refractivity contribution in [1.82, 2.24) is 5.32 Å². The Kier molecular flexibility index (Phi) is 4.12. The Hall–Kier alpha value is -2.07. The number of nitrogens with one attached hydrogen (secondary N) is 1. The van der Waals surface area contributed by atoms with Crippen molar-refractivity contribution in [1.29, 1.82) is 0 Å². The molecule has 0 heterocycles. The number of hydrogen-bond acceptors (Lipinski definition) is 2. The van der Waals surface area contributed by atoms with E-state index in [9.17, 15) is 9.18 Å². The number of amides is 1. The summed E-state index contributed by atoms with van der Waals surface area (Å²) in [6.07, 6.45) is 0. The van der Waals surface area contributed by atoms with E-state index in [1.807, 2.05) is 0 Å². The predicted molar refractivity (Wildman–Crippen MR) is 52.7 cm³/mol. The highest BCUT2D eigenvalue weighted by molar-refractivity contribution is 5.94. The van der Waals surface area contributed by atoms with Gasteiger partial charge in [-0.1, -0.05) is 17.2 Å². The fraction of sp³-hybridized carbons (Fsp3) is 0.222. The standard InChI is InChI=1S/C9H9FN4O/c10-8-4-2-1-3-7(8)9(15)12-5-6-13-14-11/h1-4H,5-6H2,(H,12,15). The summed E-state index contributed by atoms with van der Waals surface area (Å²) in [5, 5.41) is 5.66. The molecule has 0 saturated carbocycles. The van der Waals surface area contributed by atoms with Gasteiger partial charge in [0.1, 0.15) is 5.82 Å². The second-order valence-electron chi connectivity index (χ2n) is 2.69. The molecule has 15 heavy (non-hydrogen) atoms. The van der Waals surface area contributed by atoms with Crippen LogP contribution in [0.5, 0.6) is 0 Å². The molecule has 0 atom stereocenters. The van der Waals surface area contributed by atoms with E-state index in [0.717, 1.165) is 0 Å². The van der Waals surface area contributed by atoms with Crippen molar-refractivity contribution < 1.29 is 9.18 Å². The zero-order chi connectivity index (χ0) is 11.1. The van der Waals surface area contributed by atoms with Crippen LogP contribution in [0.4, 0.5) is 4.39 Å². The molecule has 0 saturated heterocycles. The summed E-state index contributed by atoms with van der Waals surface area (Å²) < 4.78 is 13.1. The fourth-order valence-corrected chi connectivity index (χ4v) is 1.00. The molecule has 0 aliphatic rings. The van der Waals surface area contributed by atoms with Gasteiger partial charge in [-0.25, -0.2) is 4.39 Å². The minimum absolute atomic E-state index is 0.0153. The van der Waals surface area contributed by atoms with E-state index < -0.39 is 11.7 Å². The van der Waals surface area contributed by atoms with Crippen molar-refractivity contribution in [2.24, 2.45) is 5.11 Å². The van der Waals surface area contributed by atoms with Crippen LogP contribution < -0.4 is 5.32 Å². The molecule has 0 bridgehead atoms. The highest BCUT2D eigenvalue weighted by Gasteiger charge is 2.08. The van der Waals surface area contributed by atoms with Crippen LogP contribution in [0.25, 0.3) is 10.4 Å². The number of rotatable bonds is 4. The lowest BCUT2D eigenvalue weighted by atomic mass is 10.2. The number of hydrogen-bond donors (Lipinski definition) is 1. The molecule has 1 aromatic carbocycles. The zero-order valence-electron chi connectivity index (χ0n) is 7.85. The minimum atomic E-state index is -0.571. The van der Waals surface area contributed by atoms with Gasteiger partial charge in [-0.3, -0.25) is 4.79 Å². The molecule has 0 aliphatic heterocycles. The predicted octanol–water partition coefficient (Wildman–Crippen LogP) is 1.87. The van der Waals surface area contributed by atoms with Crippen molar-refractivity contribution in [2.75, 3.05) is 13.1 Å². The maximum Gasteiger partial charge on any atom is 0.254 e. The van der Waals surface area contributed by atoms with Crippen molar-refractivity contribution in [3.8, 4) is 0 Å². The first-order valence-electron chi connectivity index (χ1n) is 4.29. The molecule has 0 aliphatic carbocycles. The lowest BCUT2D eigenvalue weighted by Crippen LogP contribution is -2.26. The SMILES string of the molecule is [N-]=[N+]=NCCNC(=O)c1ccccc1F. The highest BCUT2D eigenvalue weighted by atomic mass is 19.1. The van der Waals surface area contributed by atoms with Gasteiger partial charge in [0.15, 0.2) is 0 Å². The number of azide groups is 1. The molecule has 1 N–H and O–H groups in total. The van der Waals surface area contributed by atoms with E-state index in [1.54, 1.807) is 6.07 Å². The Morgan fingerprint density at radius 3 is 2.93 bits per heavy atom. The van der Waals surface area contributed by atoms with Crippen LogP contribution >= 0.6 is 0 Å². The van der Waals surface area contributed by atoms with Crippen LogP contribution in [0.2, 0.25) is 0 Å². The van der Waals surface area contributed by atoms with Crippen LogP contribution in [0.15, 0.2) is 29.4 Å². The van der Waals surface area contributed by atoms with Gasteiger partial charge < -0.3 is 5.32 Å². The summed E-state index contributed by atoms with van der Waals surface area (Å²) in [5.74, 6) is -1.08. The van der Waals surface area contributed by atoms with E-state index in [4.69, 9.17) is 5.53 Å². The van der Waals surface area contributed by atoms with Crippen LogP contribution in [0.3, 0.4) is 0 Å². The monoisotopic (exact) mass is 208 g/mol. The topological polar surface area (TPSA) is 77.9 Å². The molecule has 1 amide bonds. The van der Waals surface area contributed by atoms with Gasteiger partial charge >= 0.3 is 0 Å². The Morgan fingerprint density at radius 2 is 2.27 bits per heavy atom. The third kappa shape index (κ3) is 3.28. The number of carbonyl (C=O) groups is 1. The quantitative estimate of drug-likeness (QED) is 0.348. The third-order valence-electron chi connectivity index (χ3n) is 1.68. The Balaban J connectivity index is 2.54. The van der Waals surface area contributed by atoms with Crippen molar-refractivity contribution >= 4 is 5.91 Å². The third-order valence-corrected chi connectivity index (χ3v) is 1.68. The first kappa shape index (κ1) is 11.0. The molecule has 5 nitrogen and oxygen atoms in total. The van der Waals surface area contributed by atoms with Gasteiger partial charge in [0, 0.05) is 18.0 Å². The molecule has 0 unspecified atom stereocenters. The summed E-state index contributed by atoms with van der Waals surface area (Å²) in [7, 11) is 0. The average molecular weight is 208 g/mol. The maximum atomic E-state index is 13.1. The normalized spacial score (nSPS) is 9.13. The summed E-state index contributed by atoms with van der Waals surface area (Å²) in [5.41, 5.74) is 7.96. The summed E-state index contributed by atoms with van der Waals surface area (Å²) >= 11 is 0. The van der Waals surface area contributed by atoms with Crippen molar-refractivity contribution in [3.63, 3.8) is 0 Å². The number of nitrogens with zero attached hydrogens (tertiary/aromatic N) is 3. The van der Waals surface area contributed by atoms with E-state index >= 15 is 0 Å². The minimum Gasteiger partial charge on any atom is -0.352 e. The Labute approximate surface area is 85.5 Å². The van der Waals surface area contributed by atoms with Gasteiger partial charge in [0.2, 0.25) is 0 Å². The zero-order valence-corrected chi connectivity index (χ0v) is 7.85. The molecule has 0 aromatic heterocycles. The molecule has 1 rings (SSSR count). The molecule has 1 aromatic rings. The first-order chi connectivity index (χ1) is 7.25. The molecular weight excluding hydrogens is 199 g/mol. The molecule has 78 valence electrons. The van der Waals surface area contributed by atoms with Gasteiger partial charge in [0.25, 0.3) is 5.91 Å². The van der Waals surface area contributed by atoms with Crippen molar-refractivity contribution in [3.05, 3.63) is 46.1 Å². The summed E-state index contributed by atoms with van der Waals surface area (Å²) in [6.45, 7) is 0.341. The molecule has 6 heteroatoms. The van der Waals surface area contributed by atoms with Crippen molar-refractivity contribution in [2.45, 2.75) is 0 Å². The number of carbonyl (C=O) groups excluding carboxylic acids is 1. The van der Waals surface area contributed by atoms with Gasteiger partial charge in [-0.2, -0.15) is 0 Å². The first-order valence-corrected chi connectivity index (χ1v) is 4.29. The van der Waals surface area contributed by atoms with Crippen LogP contribution in [0, 0.1) is 5.82 Å². The second kappa shape index (κ2) is 5.62. The Morgan fingerprint density at radius 1 is 1.53 bits per heavy atom. The van der Waals surface area contributed by atoms with E-state index in [0.29, 0.717) is 0 Å². The van der Waals surface area contributed by atoms with Gasteiger partial charge in [-0.15, -0.1) is 0 Å². The smallest absolute Gasteiger partial charge is 0.254 e.